The van der Waals surface area contributed by atoms with Crippen LogP contribution in [-0.4, -0.2) is 30.0 Å². The fourth-order valence-corrected chi connectivity index (χ4v) is 3.26. The van der Waals surface area contributed by atoms with Gasteiger partial charge >= 0.3 is 0 Å². The summed E-state index contributed by atoms with van der Waals surface area (Å²) in [4.78, 5) is 11.9. The Kier molecular flexibility index (Phi) is 7.62. The minimum atomic E-state index is -0.00897. The predicted molar refractivity (Wildman–Crippen MR) is 92.5 cm³/mol. The van der Waals surface area contributed by atoms with Gasteiger partial charge in [0.15, 0.2) is 0 Å². The number of carbonyl (C=O) groups is 1. The monoisotopic (exact) mass is 358 g/mol. The minimum Gasteiger partial charge on any atom is -0.325 e. The van der Waals surface area contributed by atoms with E-state index in [1.54, 1.807) is 0 Å². The molecule has 0 saturated carbocycles. The van der Waals surface area contributed by atoms with Crippen molar-refractivity contribution in [1.29, 1.82) is 0 Å². The van der Waals surface area contributed by atoms with Gasteiger partial charge in [0.25, 0.3) is 0 Å². The van der Waals surface area contributed by atoms with Gasteiger partial charge in [-0.2, -0.15) is 11.8 Å². The van der Waals surface area contributed by atoms with Crippen LogP contribution in [0.25, 0.3) is 0 Å². The van der Waals surface area contributed by atoms with Crippen molar-refractivity contribution in [3.8, 4) is 0 Å². The highest BCUT2D eigenvalue weighted by Gasteiger charge is 2.24. The Labute approximate surface area is 134 Å². The molecule has 0 spiro atoms. The molecule has 1 aromatic carbocycles. The van der Waals surface area contributed by atoms with Crippen molar-refractivity contribution in [2.75, 3.05) is 24.7 Å². The summed E-state index contributed by atoms with van der Waals surface area (Å²) in [5, 5.41) is 6.15. The van der Waals surface area contributed by atoms with Gasteiger partial charge in [0.1, 0.15) is 0 Å². The van der Waals surface area contributed by atoms with E-state index in [1.807, 2.05) is 36.0 Å². The molecule has 1 aromatic rings. The van der Waals surface area contributed by atoms with Gasteiger partial charge in [0.2, 0.25) is 5.91 Å². The van der Waals surface area contributed by atoms with Crippen molar-refractivity contribution in [3.63, 3.8) is 0 Å². The first-order valence-corrected chi connectivity index (χ1v) is 8.88. The molecular formula is C15H23BrN2OS. The van der Waals surface area contributed by atoms with E-state index in [2.05, 4.69) is 46.7 Å². The molecule has 2 N–H and O–H groups in total. The van der Waals surface area contributed by atoms with E-state index >= 15 is 0 Å². The van der Waals surface area contributed by atoms with Gasteiger partial charge in [-0.15, -0.1) is 0 Å². The summed E-state index contributed by atoms with van der Waals surface area (Å²) in [6.07, 6.45) is 4.34. The number of nitrogens with one attached hydrogen (secondary N) is 2. The molecule has 1 rings (SSSR count). The number of hydrogen-bond acceptors (Lipinski definition) is 3. The number of thioether (sulfide) groups is 1. The second-order valence-corrected chi connectivity index (χ2v) is 6.95. The van der Waals surface area contributed by atoms with Crippen LogP contribution in [0.1, 0.15) is 26.7 Å². The van der Waals surface area contributed by atoms with Crippen LogP contribution in [0.2, 0.25) is 0 Å². The molecule has 0 atom stereocenters. The van der Waals surface area contributed by atoms with E-state index in [0.29, 0.717) is 6.54 Å². The van der Waals surface area contributed by atoms with Crippen molar-refractivity contribution in [2.24, 2.45) is 0 Å². The van der Waals surface area contributed by atoms with Gasteiger partial charge in [-0.3, -0.25) is 4.79 Å². The molecule has 0 aliphatic rings. The Morgan fingerprint density at radius 1 is 1.35 bits per heavy atom. The van der Waals surface area contributed by atoms with Gasteiger partial charge < -0.3 is 10.6 Å². The second-order valence-electron chi connectivity index (χ2n) is 4.76. The smallest absolute Gasteiger partial charge is 0.238 e. The van der Waals surface area contributed by atoms with Crippen LogP contribution in [-0.2, 0) is 4.79 Å². The molecule has 0 unspecified atom stereocenters. The first-order valence-electron chi connectivity index (χ1n) is 6.86. The van der Waals surface area contributed by atoms with E-state index in [-0.39, 0.29) is 10.7 Å². The van der Waals surface area contributed by atoms with Crippen LogP contribution in [0.3, 0.4) is 0 Å². The Bertz CT molecular complexity index is 427. The number of amides is 1. The lowest BCUT2D eigenvalue weighted by Crippen LogP contribution is -2.40. The number of rotatable bonds is 8. The van der Waals surface area contributed by atoms with E-state index in [4.69, 9.17) is 0 Å². The topological polar surface area (TPSA) is 41.1 Å². The summed E-state index contributed by atoms with van der Waals surface area (Å²) in [6, 6.07) is 7.61. The molecule has 0 radical (unpaired) electrons. The molecule has 0 fully saturated rings. The molecular weight excluding hydrogens is 336 g/mol. The highest BCUT2D eigenvalue weighted by molar-refractivity contribution is 9.10. The lowest BCUT2D eigenvalue weighted by molar-refractivity contribution is -0.115. The zero-order chi connectivity index (χ0) is 15.0. The molecule has 0 heterocycles. The lowest BCUT2D eigenvalue weighted by atomic mass is 10.0. The van der Waals surface area contributed by atoms with Crippen molar-refractivity contribution >= 4 is 39.3 Å². The van der Waals surface area contributed by atoms with E-state index in [1.165, 1.54) is 0 Å². The standard InChI is InChI=1S/C15H23BrN2OS/c1-4-15(5-2,20-3)11-17-10-14(19)18-13-8-6-7-12(16)9-13/h6-9,17H,4-5,10-11H2,1-3H3,(H,18,19). The summed E-state index contributed by atoms with van der Waals surface area (Å²) in [6.45, 7) is 5.59. The second kappa shape index (κ2) is 8.70. The largest absolute Gasteiger partial charge is 0.325 e. The van der Waals surface area contributed by atoms with Crippen LogP contribution in [0.4, 0.5) is 5.69 Å². The molecule has 5 heteroatoms. The molecule has 0 aliphatic heterocycles. The van der Waals surface area contributed by atoms with Gasteiger partial charge in [-0.05, 0) is 37.3 Å². The summed E-state index contributed by atoms with van der Waals surface area (Å²) in [5.41, 5.74) is 0.813. The number of carbonyl (C=O) groups excluding carboxylic acids is 1. The number of anilines is 1. The predicted octanol–water partition coefficient (Wildman–Crippen LogP) is 3.90. The SMILES string of the molecule is CCC(CC)(CNCC(=O)Nc1cccc(Br)c1)SC. The van der Waals surface area contributed by atoms with Crippen molar-refractivity contribution in [2.45, 2.75) is 31.4 Å². The van der Waals surface area contributed by atoms with E-state index in [0.717, 1.165) is 29.5 Å². The molecule has 0 bridgehead atoms. The zero-order valence-corrected chi connectivity index (χ0v) is 14.7. The number of halogens is 1. The van der Waals surface area contributed by atoms with E-state index in [9.17, 15) is 4.79 Å². The Morgan fingerprint density at radius 3 is 2.60 bits per heavy atom. The molecule has 0 aliphatic carbocycles. The van der Waals surface area contributed by atoms with Crippen LogP contribution >= 0.6 is 27.7 Å². The molecule has 112 valence electrons. The quantitative estimate of drug-likeness (QED) is 0.740. The zero-order valence-electron chi connectivity index (χ0n) is 12.3. The number of benzene rings is 1. The molecule has 0 saturated heterocycles. The first-order chi connectivity index (χ1) is 9.55. The van der Waals surface area contributed by atoms with Crippen molar-refractivity contribution in [1.82, 2.24) is 5.32 Å². The minimum absolute atomic E-state index is 0.00897. The van der Waals surface area contributed by atoms with Crippen LogP contribution in [0.5, 0.6) is 0 Å². The van der Waals surface area contributed by atoms with Crippen molar-refractivity contribution in [3.05, 3.63) is 28.7 Å². The van der Waals surface area contributed by atoms with Gasteiger partial charge in [0.05, 0.1) is 6.54 Å². The van der Waals surface area contributed by atoms with Crippen LogP contribution in [0.15, 0.2) is 28.7 Å². The highest BCUT2D eigenvalue weighted by Crippen LogP contribution is 2.29. The maximum atomic E-state index is 11.9. The molecule has 1 amide bonds. The Morgan fingerprint density at radius 2 is 2.05 bits per heavy atom. The first kappa shape index (κ1) is 17.5. The highest BCUT2D eigenvalue weighted by atomic mass is 79.9. The fourth-order valence-electron chi connectivity index (χ4n) is 2.04. The third-order valence-corrected chi connectivity index (χ3v) is 5.64. The molecule has 0 aromatic heterocycles. The van der Waals surface area contributed by atoms with Crippen molar-refractivity contribution < 1.29 is 4.79 Å². The summed E-state index contributed by atoms with van der Waals surface area (Å²) < 4.78 is 1.19. The maximum absolute atomic E-state index is 11.9. The van der Waals surface area contributed by atoms with Gasteiger partial charge in [-0.25, -0.2) is 0 Å². The lowest BCUT2D eigenvalue weighted by Gasteiger charge is -2.29. The molecule has 20 heavy (non-hydrogen) atoms. The maximum Gasteiger partial charge on any atom is 0.238 e. The average molecular weight is 359 g/mol. The summed E-state index contributed by atoms with van der Waals surface area (Å²) in [5.74, 6) is -0.00897. The Balaban J connectivity index is 2.40. The van der Waals surface area contributed by atoms with Gasteiger partial charge in [-0.1, -0.05) is 35.8 Å². The fraction of sp³-hybridized carbons (Fsp3) is 0.533. The normalized spacial score (nSPS) is 11.4. The number of hydrogen-bond donors (Lipinski definition) is 2. The summed E-state index contributed by atoms with van der Waals surface area (Å²) in [7, 11) is 0. The third kappa shape index (κ3) is 5.46. The molecule has 3 nitrogen and oxygen atoms in total. The van der Waals surface area contributed by atoms with Crippen LogP contribution in [0, 0.1) is 0 Å². The summed E-state index contributed by atoms with van der Waals surface area (Å²) >= 11 is 5.26. The van der Waals surface area contributed by atoms with Crippen LogP contribution < -0.4 is 10.6 Å². The average Bonchev–Trinajstić information content (AvgIpc) is 2.44. The third-order valence-electron chi connectivity index (χ3n) is 3.56. The Hall–Kier alpha value is -0.520. The van der Waals surface area contributed by atoms with E-state index < -0.39 is 0 Å². The van der Waals surface area contributed by atoms with Gasteiger partial charge in [0, 0.05) is 21.5 Å².